The minimum atomic E-state index is 0.855. The molecule has 0 atom stereocenters. The van der Waals surface area contributed by atoms with E-state index in [1.807, 2.05) is 38.4 Å². The van der Waals surface area contributed by atoms with Crippen LogP contribution < -0.4 is 4.57 Å². The lowest BCUT2D eigenvalue weighted by molar-refractivity contribution is -0.645. The maximum atomic E-state index is 6.18. The highest BCUT2D eigenvalue weighted by Gasteiger charge is 2.10. The van der Waals surface area contributed by atoms with Crippen LogP contribution in [0.5, 0.6) is 0 Å². The number of aryl methyl sites for hydroxylation is 2. The molecule has 0 fully saturated rings. The molecule has 2 aromatic rings. The fourth-order valence-electron chi connectivity index (χ4n) is 1.60. The van der Waals surface area contributed by atoms with Crippen LogP contribution in [0.1, 0.15) is 5.56 Å². The van der Waals surface area contributed by atoms with Crippen molar-refractivity contribution < 1.29 is 4.57 Å². The molecule has 0 amide bonds. The van der Waals surface area contributed by atoms with E-state index in [0.29, 0.717) is 0 Å². The molecule has 0 saturated heterocycles. The van der Waals surface area contributed by atoms with Gasteiger partial charge in [-0.15, -0.1) is 0 Å². The van der Waals surface area contributed by atoms with Gasteiger partial charge in [0.15, 0.2) is 6.20 Å². The number of rotatable bonds is 0. The van der Waals surface area contributed by atoms with E-state index in [0.717, 1.165) is 21.5 Å². The third-order valence-corrected chi connectivity index (χ3v) is 2.76. The summed E-state index contributed by atoms with van der Waals surface area (Å²) in [4.78, 5) is 0. The van der Waals surface area contributed by atoms with Gasteiger partial charge >= 0.3 is 0 Å². The van der Waals surface area contributed by atoms with Crippen molar-refractivity contribution in [3.05, 3.63) is 41.0 Å². The maximum Gasteiger partial charge on any atom is 0.213 e. The van der Waals surface area contributed by atoms with Crippen molar-refractivity contribution in [2.75, 3.05) is 0 Å². The predicted octanol–water partition coefficient (Wildman–Crippen LogP) is 2.63. The van der Waals surface area contributed by atoms with Gasteiger partial charge in [0, 0.05) is 11.6 Å². The molecule has 0 radical (unpaired) electrons. The van der Waals surface area contributed by atoms with E-state index in [9.17, 15) is 0 Å². The van der Waals surface area contributed by atoms with Gasteiger partial charge in [-0.25, -0.2) is 4.57 Å². The zero-order valence-electron chi connectivity index (χ0n) is 7.71. The summed E-state index contributed by atoms with van der Waals surface area (Å²) in [7, 11) is 2.03. The molecule has 1 aromatic carbocycles. The van der Waals surface area contributed by atoms with E-state index in [2.05, 4.69) is 10.6 Å². The number of pyridine rings is 1. The van der Waals surface area contributed by atoms with Crippen LogP contribution >= 0.6 is 11.6 Å². The molecular formula is C11H11ClN+. The Hall–Kier alpha value is -1.08. The molecule has 1 nitrogen and oxygen atoms in total. The van der Waals surface area contributed by atoms with Crippen LogP contribution in [0.4, 0.5) is 0 Å². The number of para-hydroxylation sites is 1. The number of halogens is 1. The zero-order valence-corrected chi connectivity index (χ0v) is 8.47. The fourth-order valence-corrected chi connectivity index (χ4v) is 1.80. The van der Waals surface area contributed by atoms with Crippen LogP contribution in [-0.2, 0) is 7.05 Å². The quantitative estimate of drug-likeness (QED) is 0.565. The molecule has 66 valence electrons. The van der Waals surface area contributed by atoms with Gasteiger partial charge in [0.05, 0.1) is 10.4 Å². The second kappa shape index (κ2) is 3.00. The van der Waals surface area contributed by atoms with Crippen molar-refractivity contribution in [3.8, 4) is 0 Å². The molecule has 0 N–H and O–H groups in total. The number of hydrogen-bond donors (Lipinski definition) is 0. The highest BCUT2D eigenvalue weighted by molar-refractivity contribution is 6.35. The molecule has 1 aromatic heterocycles. The highest BCUT2D eigenvalue weighted by atomic mass is 35.5. The molecule has 13 heavy (non-hydrogen) atoms. The Morgan fingerprint density at radius 1 is 1.23 bits per heavy atom. The third-order valence-electron chi connectivity index (χ3n) is 2.25. The van der Waals surface area contributed by atoms with Crippen molar-refractivity contribution in [1.29, 1.82) is 0 Å². The van der Waals surface area contributed by atoms with Crippen LogP contribution in [0.15, 0.2) is 30.5 Å². The number of hydrogen-bond acceptors (Lipinski definition) is 0. The van der Waals surface area contributed by atoms with Crippen molar-refractivity contribution >= 4 is 22.5 Å². The zero-order chi connectivity index (χ0) is 9.42. The summed E-state index contributed by atoms with van der Waals surface area (Å²) in [5, 5.41) is 1.97. The molecule has 2 heteroatoms. The first-order valence-corrected chi connectivity index (χ1v) is 4.61. The van der Waals surface area contributed by atoms with Crippen molar-refractivity contribution in [2.45, 2.75) is 6.92 Å². The molecule has 0 saturated carbocycles. The largest absolute Gasteiger partial charge is 0.213 e. The standard InChI is InChI=1S/C11H11ClN/c1-8-7-13(2)10-6-4-3-5-9(10)11(8)12/h3-7H,1-2H3/q+1. The van der Waals surface area contributed by atoms with Crippen LogP contribution in [0.3, 0.4) is 0 Å². The summed E-state index contributed by atoms with van der Waals surface area (Å²) >= 11 is 6.18. The molecule has 0 aliphatic carbocycles. The fraction of sp³-hybridized carbons (Fsp3) is 0.182. The smallest absolute Gasteiger partial charge is 0.201 e. The predicted molar refractivity (Wildman–Crippen MR) is 54.9 cm³/mol. The summed E-state index contributed by atoms with van der Waals surface area (Å²) in [6, 6.07) is 8.15. The van der Waals surface area contributed by atoms with Gasteiger partial charge in [-0.2, -0.15) is 0 Å². The molecule has 0 aliphatic heterocycles. The van der Waals surface area contributed by atoms with Gasteiger partial charge in [-0.3, -0.25) is 0 Å². The molecule has 0 unspecified atom stereocenters. The maximum absolute atomic E-state index is 6.18. The SMILES string of the molecule is Cc1c[n+](C)c2ccccc2c1Cl. The average molecular weight is 193 g/mol. The van der Waals surface area contributed by atoms with Crippen LogP contribution in [0.2, 0.25) is 5.02 Å². The molecule has 2 rings (SSSR count). The first-order valence-electron chi connectivity index (χ1n) is 4.23. The van der Waals surface area contributed by atoms with Crippen LogP contribution in [0.25, 0.3) is 10.9 Å². The molecule has 0 bridgehead atoms. The molecule has 0 spiro atoms. The van der Waals surface area contributed by atoms with E-state index in [4.69, 9.17) is 11.6 Å². The summed E-state index contributed by atoms with van der Waals surface area (Å²) in [5.41, 5.74) is 2.28. The number of fused-ring (bicyclic) bond motifs is 1. The summed E-state index contributed by atoms with van der Waals surface area (Å²) in [5.74, 6) is 0. The normalized spacial score (nSPS) is 10.7. The molecule has 1 heterocycles. The van der Waals surface area contributed by atoms with E-state index in [1.165, 1.54) is 0 Å². The lowest BCUT2D eigenvalue weighted by Gasteiger charge is -2.01. The lowest BCUT2D eigenvalue weighted by Crippen LogP contribution is -2.28. The van der Waals surface area contributed by atoms with E-state index in [1.54, 1.807) is 0 Å². The molecule has 0 aliphatic rings. The van der Waals surface area contributed by atoms with Gasteiger partial charge in [-0.1, -0.05) is 23.7 Å². The lowest BCUT2D eigenvalue weighted by atomic mass is 10.1. The topological polar surface area (TPSA) is 3.88 Å². The van der Waals surface area contributed by atoms with Crippen LogP contribution in [-0.4, -0.2) is 0 Å². The van der Waals surface area contributed by atoms with Gasteiger partial charge in [0.25, 0.3) is 0 Å². The Balaban J connectivity index is 2.97. The Morgan fingerprint density at radius 2 is 1.92 bits per heavy atom. The first kappa shape index (κ1) is 8.52. The Bertz CT molecular complexity index is 463. The summed E-state index contributed by atoms with van der Waals surface area (Å²) in [6.07, 6.45) is 2.05. The number of aromatic nitrogens is 1. The van der Waals surface area contributed by atoms with Crippen molar-refractivity contribution in [3.63, 3.8) is 0 Å². The Morgan fingerprint density at radius 3 is 2.69 bits per heavy atom. The van der Waals surface area contributed by atoms with Crippen LogP contribution in [0, 0.1) is 6.92 Å². The average Bonchev–Trinajstić information content (AvgIpc) is 2.15. The Kier molecular flexibility index (Phi) is 1.97. The number of benzene rings is 1. The van der Waals surface area contributed by atoms with E-state index in [-0.39, 0.29) is 0 Å². The molecular weight excluding hydrogens is 182 g/mol. The van der Waals surface area contributed by atoms with Gasteiger partial charge in [-0.05, 0) is 13.0 Å². The minimum Gasteiger partial charge on any atom is -0.201 e. The monoisotopic (exact) mass is 192 g/mol. The van der Waals surface area contributed by atoms with Crippen molar-refractivity contribution in [1.82, 2.24) is 0 Å². The summed E-state index contributed by atoms with van der Waals surface area (Å²) in [6.45, 7) is 2.02. The van der Waals surface area contributed by atoms with E-state index >= 15 is 0 Å². The minimum absolute atomic E-state index is 0.855. The van der Waals surface area contributed by atoms with E-state index < -0.39 is 0 Å². The second-order valence-corrected chi connectivity index (χ2v) is 3.63. The first-order chi connectivity index (χ1) is 6.20. The second-order valence-electron chi connectivity index (χ2n) is 3.25. The number of nitrogens with zero attached hydrogens (tertiary/aromatic N) is 1. The Labute approximate surface area is 82.6 Å². The van der Waals surface area contributed by atoms with Gasteiger partial charge < -0.3 is 0 Å². The highest BCUT2D eigenvalue weighted by Crippen LogP contribution is 2.23. The van der Waals surface area contributed by atoms with Gasteiger partial charge in [0.1, 0.15) is 7.05 Å². The summed E-state index contributed by atoms with van der Waals surface area (Å²) < 4.78 is 2.09. The third kappa shape index (κ3) is 1.29. The van der Waals surface area contributed by atoms with Gasteiger partial charge in [0.2, 0.25) is 5.52 Å². The van der Waals surface area contributed by atoms with Crippen molar-refractivity contribution in [2.24, 2.45) is 7.05 Å².